The first-order valence-corrected chi connectivity index (χ1v) is 8.77. The zero-order valence-corrected chi connectivity index (χ0v) is 14.8. The molecule has 0 saturated carbocycles. The van der Waals surface area contributed by atoms with Crippen LogP contribution in [0, 0.1) is 12.7 Å². The number of benzene rings is 2. The van der Waals surface area contributed by atoms with E-state index >= 15 is 0 Å². The number of nitrogens with one attached hydrogen (secondary N) is 1. The van der Waals surface area contributed by atoms with Crippen LogP contribution in [-0.4, -0.2) is 10.1 Å². The maximum absolute atomic E-state index is 14.2. The van der Waals surface area contributed by atoms with E-state index in [0.717, 1.165) is 29.4 Å². The highest BCUT2D eigenvalue weighted by molar-refractivity contribution is 5.90. The summed E-state index contributed by atoms with van der Waals surface area (Å²) >= 11 is 0. The van der Waals surface area contributed by atoms with Gasteiger partial charge in [0.25, 0.3) is 0 Å². The van der Waals surface area contributed by atoms with Gasteiger partial charge in [-0.25, -0.2) is 4.39 Å². The van der Waals surface area contributed by atoms with Gasteiger partial charge >= 0.3 is 0 Å². The molecule has 2 heterocycles. The maximum atomic E-state index is 14.2. The highest BCUT2D eigenvalue weighted by Gasteiger charge is 2.18. The van der Waals surface area contributed by atoms with Gasteiger partial charge in [0.1, 0.15) is 5.82 Å². The summed E-state index contributed by atoms with van der Waals surface area (Å²) in [5.41, 5.74) is 4.97. The quantitative estimate of drug-likeness (QED) is 0.461. The lowest BCUT2D eigenvalue weighted by Crippen LogP contribution is -1.90. The number of fused-ring (bicyclic) bond motifs is 1. The predicted molar refractivity (Wildman–Crippen MR) is 102 cm³/mol. The summed E-state index contributed by atoms with van der Waals surface area (Å²) in [5.74, 6) is 0.0153. The van der Waals surface area contributed by atoms with Gasteiger partial charge in [0.15, 0.2) is 17.1 Å². The van der Waals surface area contributed by atoms with Crippen molar-refractivity contribution in [2.75, 3.05) is 0 Å². The van der Waals surface area contributed by atoms with Crippen molar-refractivity contribution < 1.29 is 13.9 Å². The van der Waals surface area contributed by atoms with Gasteiger partial charge in [0.05, 0.1) is 5.69 Å². The van der Waals surface area contributed by atoms with Crippen molar-refractivity contribution in [2.45, 2.75) is 26.7 Å². The van der Waals surface area contributed by atoms with E-state index in [1.54, 1.807) is 6.07 Å². The van der Waals surface area contributed by atoms with Crippen LogP contribution < -0.4 is 0 Å². The predicted octanol–water partition coefficient (Wildman–Crippen LogP) is 6.20. The molecular formula is C22H20FNO2. The number of phenols is 1. The fourth-order valence-electron chi connectivity index (χ4n) is 3.28. The molecule has 0 aliphatic carbocycles. The second-order valence-corrected chi connectivity index (χ2v) is 6.61. The van der Waals surface area contributed by atoms with Crippen LogP contribution in [0.3, 0.4) is 0 Å². The molecule has 0 bridgehead atoms. The average Bonchev–Trinajstić information content (AvgIpc) is 3.26. The molecule has 0 aliphatic heterocycles. The molecule has 0 unspecified atom stereocenters. The molecule has 2 N–H and O–H groups in total. The van der Waals surface area contributed by atoms with Gasteiger partial charge < -0.3 is 14.5 Å². The van der Waals surface area contributed by atoms with E-state index in [2.05, 4.69) is 36.2 Å². The molecule has 132 valence electrons. The minimum Gasteiger partial charge on any atom is -0.504 e. The van der Waals surface area contributed by atoms with E-state index in [-0.39, 0.29) is 5.75 Å². The molecular weight excluding hydrogens is 329 g/mol. The summed E-state index contributed by atoms with van der Waals surface area (Å²) in [6.07, 6.45) is 1.41. The van der Waals surface area contributed by atoms with Gasteiger partial charge in [-0.3, -0.25) is 0 Å². The number of aromatic hydroxyl groups is 1. The fraction of sp³-hybridized carbons (Fsp3) is 0.182. The molecule has 0 saturated heterocycles. The van der Waals surface area contributed by atoms with Crippen molar-refractivity contribution in [3.63, 3.8) is 0 Å². The summed E-state index contributed by atoms with van der Waals surface area (Å²) < 4.78 is 20.1. The zero-order valence-electron chi connectivity index (χ0n) is 14.8. The number of aromatic nitrogens is 1. The van der Waals surface area contributed by atoms with Crippen molar-refractivity contribution in [2.24, 2.45) is 0 Å². The van der Waals surface area contributed by atoms with Gasteiger partial charge in [-0.15, -0.1) is 0 Å². The number of rotatable bonds is 4. The van der Waals surface area contributed by atoms with Crippen LogP contribution in [0.1, 0.15) is 24.5 Å². The summed E-state index contributed by atoms with van der Waals surface area (Å²) in [5, 5.41) is 10.7. The molecule has 4 heteroatoms. The van der Waals surface area contributed by atoms with Crippen LogP contribution in [0.5, 0.6) is 5.75 Å². The summed E-state index contributed by atoms with van der Waals surface area (Å²) in [4.78, 5) is 3.34. The molecule has 26 heavy (non-hydrogen) atoms. The Morgan fingerprint density at radius 1 is 1.04 bits per heavy atom. The Hall–Kier alpha value is -3.01. The number of hydrogen-bond donors (Lipinski definition) is 2. The third kappa shape index (κ3) is 2.77. The Kier molecular flexibility index (Phi) is 4.03. The van der Waals surface area contributed by atoms with E-state index in [4.69, 9.17) is 4.42 Å². The van der Waals surface area contributed by atoms with E-state index in [9.17, 15) is 9.50 Å². The largest absolute Gasteiger partial charge is 0.504 e. The number of furan rings is 1. The SMILES string of the molecule is CCCc1c(F)cc(O)c2oc(-c3ccc(-c4ccc(C)cc4)[nH]3)cc12. The Labute approximate surface area is 151 Å². The number of H-pyrrole nitrogens is 1. The van der Waals surface area contributed by atoms with Crippen LogP contribution in [-0.2, 0) is 6.42 Å². The molecule has 2 aromatic carbocycles. The first-order valence-electron chi connectivity index (χ1n) is 8.77. The first-order chi connectivity index (χ1) is 12.6. The molecule has 0 aliphatic rings. The van der Waals surface area contributed by atoms with E-state index in [1.165, 1.54) is 5.56 Å². The standard InChI is InChI=1S/C22H20FNO2/c1-3-4-15-16-11-21(26-22(16)20(25)12-17(15)23)19-10-9-18(24-19)14-7-5-13(2)6-8-14/h5-12,24-25H,3-4H2,1-2H3. The van der Waals surface area contributed by atoms with Crippen molar-refractivity contribution in [1.29, 1.82) is 0 Å². The zero-order chi connectivity index (χ0) is 18.3. The number of halogens is 1. The lowest BCUT2D eigenvalue weighted by Gasteiger charge is -2.03. The second-order valence-electron chi connectivity index (χ2n) is 6.61. The third-order valence-electron chi connectivity index (χ3n) is 4.66. The van der Waals surface area contributed by atoms with Crippen molar-refractivity contribution in [3.05, 3.63) is 65.5 Å². The highest BCUT2D eigenvalue weighted by Crippen LogP contribution is 2.37. The molecule has 0 amide bonds. The summed E-state index contributed by atoms with van der Waals surface area (Å²) in [6, 6.07) is 15.1. The lowest BCUT2D eigenvalue weighted by atomic mass is 10.0. The molecule has 0 atom stereocenters. The molecule has 3 nitrogen and oxygen atoms in total. The fourth-order valence-corrected chi connectivity index (χ4v) is 3.28. The molecule has 4 rings (SSSR count). The average molecular weight is 349 g/mol. The second kappa shape index (κ2) is 6.37. The molecule has 0 radical (unpaired) electrons. The summed E-state index contributed by atoms with van der Waals surface area (Å²) in [6.45, 7) is 4.05. The van der Waals surface area contributed by atoms with Gasteiger partial charge in [-0.05, 0) is 42.7 Å². The number of hydrogen-bond acceptors (Lipinski definition) is 2. The van der Waals surface area contributed by atoms with Crippen LogP contribution >= 0.6 is 0 Å². The van der Waals surface area contributed by atoms with Crippen molar-refractivity contribution in [3.8, 4) is 28.5 Å². The number of aryl methyl sites for hydroxylation is 2. The Morgan fingerprint density at radius 3 is 2.50 bits per heavy atom. The molecule has 0 fully saturated rings. The first kappa shape index (κ1) is 16.5. The Morgan fingerprint density at radius 2 is 1.77 bits per heavy atom. The van der Waals surface area contributed by atoms with Gasteiger partial charge in [0.2, 0.25) is 0 Å². The minimum absolute atomic E-state index is 0.172. The van der Waals surface area contributed by atoms with Crippen LogP contribution in [0.25, 0.3) is 33.7 Å². The van der Waals surface area contributed by atoms with Crippen LogP contribution in [0.4, 0.5) is 4.39 Å². The topological polar surface area (TPSA) is 49.2 Å². The van der Waals surface area contributed by atoms with Crippen molar-refractivity contribution in [1.82, 2.24) is 4.98 Å². The maximum Gasteiger partial charge on any atom is 0.176 e. The molecule has 4 aromatic rings. The van der Waals surface area contributed by atoms with Crippen molar-refractivity contribution >= 4 is 11.0 Å². The van der Waals surface area contributed by atoms with E-state index < -0.39 is 5.82 Å². The Bertz CT molecular complexity index is 1070. The van der Waals surface area contributed by atoms with E-state index in [1.807, 2.05) is 19.1 Å². The Balaban J connectivity index is 1.79. The summed E-state index contributed by atoms with van der Waals surface area (Å²) in [7, 11) is 0. The van der Waals surface area contributed by atoms with E-state index in [0.29, 0.717) is 28.7 Å². The van der Waals surface area contributed by atoms with Crippen LogP contribution in [0.15, 0.2) is 52.9 Å². The van der Waals surface area contributed by atoms with Gasteiger partial charge in [-0.2, -0.15) is 0 Å². The highest BCUT2D eigenvalue weighted by atomic mass is 19.1. The van der Waals surface area contributed by atoms with Crippen LogP contribution in [0.2, 0.25) is 0 Å². The smallest absolute Gasteiger partial charge is 0.176 e. The van der Waals surface area contributed by atoms with Gasteiger partial charge in [-0.1, -0.05) is 43.2 Å². The lowest BCUT2D eigenvalue weighted by molar-refractivity contribution is 0.460. The number of phenolic OH excluding ortho intramolecular Hbond substituents is 1. The van der Waals surface area contributed by atoms with Gasteiger partial charge in [0, 0.05) is 17.1 Å². The number of aromatic amines is 1. The monoisotopic (exact) mass is 349 g/mol. The minimum atomic E-state index is -0.393. The molecule has 2 aromatic heterocycles. The normalized spacial score (nSPS) is 11.3. The molecule has 0 spiro atoms. The third-order valence-corrected chi connectivity index (χ3v) is 4.66.